The molecule has 2 saturated carbocycles. The maximum Gasteiger partial charge on any atom is 0.253 e. The number of hydrogen-bond acceptors (Lipinski definition) is 2. The fourth-order valence-corrected chi connectivity index (χ4v) is 6.77. The topological polar surface area (TPSA) is 37.4 Å². The molecule has 0 radical (unpaired) electrons. The smallest absolute Gasteiger partial charge is 0.253 e. The van der Waals surface area contributed by atoms with Gasteiger partial charge < -0.3 is 0 Å². The molecule has 3 aliphatic rings. The minimum absolute atomic E-state index is 0.148. The Kier molecular flexibility index (Phi) is 10.1. The Morgan fingerprint density at radius 3 is 1.97 bits per heavy atom. The van der Waals surface area contributed by atoms with Crippen molar-refractivity contribution in [2.75, 3.05) is 6.54 Å². The first kappa shape index (κ1) is 25.2. The van der Waals surface area contributed by atoms with Gasteiger partial charge in [-0.25, -0.2) is 0 Å². The number of carbonyl (C=O) groups is 2. The maximum atomic E-state index is 11.5. The Hall–Kier alpha value is -1.38. The minimum atomic E-state index is -0.148. The van der Waals surface area contributed by atoms with Gasteiger partial charge in [-0.3, -0.25) is 14.5 Å². The monoisotopic (exact) mass is 441 g/mol. The summed E-state index contributed by atoms with van der Waals surface area (Å²) in [6.45, 7) is 5.48. The van der Waals surface area contributed by atoms with Crippen LogP contribution < -0.4 is 0 Å². The van der Waals surface area contributed by atoms with Crippen LogP contribution in [0.3, 0.4) is 0 Å². The summed E-state index contributed by atoms with van der Waals surface area (Å²) >= 11 is 0. The van der Waals surface area contributed by atoms with Crippen molar-refractivity contribution >= 4 is 11.8 Å². The van der Waals surface area contributed by atoms with Crippen LogP contribution in [0, 0.1) is 23.2 Å². The summed E-state index contributed by atoms with van der Waals surface area (Å²) in [6.07, 6.45) is 29.1. The molecule has 0 N–H and O–H groups in total. The minimum Gasteiger partial charge on any atom is -0.275 e. The third-order valence-electron chi connectivity index (χ3n) is 8.60. The van der Waals surface area contributed by atoms with E-state index in [0.29, 0.717) is 12.0 Å². The van der Waals surface area contributed by atoms with Crippen LogP contribution in [0.25, 0.3) is 0 Å². The second-order valence-corrected chi connectivity index (χ2v) is 11.2. The third-order valence-corrected chi connectivity index (χ3v) is 8.60. The molecule has 0 aromatic heterocycles. The summed E-state index contributed by atoms with van der Waals surface area (Å²) < 4.78 is 0. The number of imide groups is 1. The Labute approximate surface area is 197 Å². The highest BCUT2D eigenvalue weighted by Gasteiger charge is 2.49. The van der Waals surface area contributed by atoms with E-state index in [2.05, 4.69) is 26.0 Å². The van der Waals surface area contributed by atoms with Crippen LogP contribution in [-0.2, 0) is 9.59 Å². The molecule has 1 heterocycles. The number of fused-ring (bicyclic) bond motifs is 2. The molecule has 2 amide bonds. The normalized spacial score (nSPS) is 25.8. The summed E-state index contributed by atoms with van der Waals surface area (Å²) in [5.41, 5.74) is 0.698. The predicted molar refractivity (Wildman–Crippen MR) is 133 cm³/mol. The van der Waals surface area contributed by atoms with Gasteiger partial charge >= 0.3 is 0 Å². The van der Waals surface area contributed by atoms with Crippen LogP contribution in [0.2, 0.25) is 0 Å². The number of unbranched alkanes of at least 4 members (excludes halogenated alkanes) is 9. The zero-order chi connectivity index (χ0) is 22.8. The Morgan fingerprint density at radius 1 is 0.875 bits per heavy atom. The quantitative estimate of drug-likeness (QED) is 0.140. The molecule has 0 spiro atoms. The number of amides is 2. The van der Waals surface area contributed by atoms with Crippen molar-refractivity contribution in [3.63, 3.8) is 0 Å². The number of nitrogens with zero attached hydrogens (tertiary/aromatic N) is 1. The van der Waals surface area contributed by atoms with E-state index < -0.39 is 0 Å². The van der Waals surface area contributed by atoms with Crippen molar-refractivity contribution in [1.29, 1.82) is 0 Å². The molecule has 1 aliphatic heterocycles. The van der Waals surface area contributed by atoms with Crippen LogP contribution in [0.1, 0.15) is 117 Å². The molecule has 1 atom stereocenters. The highest BCUT2D eigenvalue weighted by molar-refractivity contribution is 6.12. The van der Waals surface area contributed by atoms with E-state index in [-0.39, 0.29) is 11.8 Å². The van der Waals surface area contributed by atoms with E-state index in [1.807, 2.05) is 0 Å². The summed E-state index contributed by atoms with van der Waals surface area (Å²) in [4.78, 5) is 24.3. The lowest BCUT2D eigenvalue weighted by atomic mass is 9.67. The molecule has 0 aromatic carbocycles. The molecule has 2 fully saturated rings. The first-order valence-electron chi connectivity index (χ1n) is 13.7. The summed E-state index contributed by atoms with van der Waals surface area (Å²) in [6, 6.07) is 0. The van der Waals surface area contributed by atoms with Crippen LogP contribution in [0.4, 0.5) is 0 Å². The van der Waals surface area contributed by atoms with Gasteiger partial charge in [0, 0.05) is 18.7 Å². The van der Waals surface area contributed by atoms with Crippen molar-refractivity contribution in [3.8, 4) is 0 Å². The van der Waals surface area contributed by atoms with Crippen LogP contribution in [0.15, 0.2) is 24.3 Å². The molecule has 3 heteroatoms. The first-order chi connectivity index (χ1) is 15.5. The molecule has 3 nitrogen and oxygen atoms in total. The SMILES string of the molecule is CC(C)C(CC=CCCCCCCCCCCCN1C(=O)C=CC1=O)C12CCC(CC1)C2. The number of allylic oxidation sites excluding steroid dienone is 2. The third kappa shape index (κ3) is 7.06. The van der Waals surface area contributed by atoms with Crippen LogP contribution in [0.5, 0.6) is 0 Å². The van der Waals surface area contributed by atoms with Crippen LogP contribution in [-0.4, -0.2) is 23.3 Å². The van der Waals surface area contributed by atoms with E-state index in [1.54, 1.807) is 0 Å². The molecular formula is C29H47NO2. The van der Waals surface area contributed by atoms with Gasteiger partial charge in [-0.15, -0.1) is 0 Å². The second kappa shape index (κ2) is 12.8. The van der Waals surface area contributed by atoms with Crippen molar-refractivity contribution < 1.29 is 9.59 Å². The first-order valence-corrected chi connectivity index (χ1v) is 13.7. The van der Waals surface area contributed by atoms with Gasteiger partial charge in [-0.05, 0) is 81.0 Å². The molecule has 2 bridgehead atoms. The average Bonchev–Trinajstić information content (AvgIpc) is 3.47. The fraction of sp³-hybridized carbons (Fsp3) is 0.793. The van der Waals surface area contributed by atoms with E-state index in [0.717, 1.165) is 30.6 Å². The van der Waals surface area contributed by atoms with Gasteiger partial charge in [-0.1, -0.05) is 70.9 Å². The van der Waals surface area contributed by atoms with Crippen molar-refractivity contribution in [2.45, 2.75) is 117 Å². The van der Waals surface area contributed by atoms with Gasteiger partial charge in [-0.2, -0.15) is 0 Å². The lowest BCUT2D eigenvalue weighted by Crippen LogP contribution is -2.30. The molecule has 2 aliphatic carbocycles. The largest absolute Gasteiger partial charge is 0.275 e. The molecular weight excluding hydrogens is 394 g/mol. The average molecular weight is 442 g/mol. The second-order valence-electron chi connectivity index (χ2n) is 11.2. The molecule has 0 saturated heterocycles. The Balaban J connectivity index is 1.13. The van der Waals surface area contributed by atoms with E-state index in [1.165, 1.54) is 107 Å². The standard InChI is InChI=1S/C29H47NO2/c1-24(2)26(29-20-18-25(23-29)19-21-29)15-13-11-9-7-5-3-4-6-8-10-12-14-22-30-27(31)16-17-28(30)32/h11,13,16-17,24-26H,3-10,12,14-15,18-23H2,1-2H3. The van der Waals surface area contributed by atoms with Gasteiger partial charge in [0.2, 0.25) is 0 Å². The molecule has 0 aromatic rings. The van der Waals surface area contributed by atoms with E-state index >= 15 is 0 Å². The lowest BCUT2D eigenvalue weighted by molar-refractivity contribution is -0.136. The lowest BCUT2D eigenvalue weighted by Gasteiger charge is -2.38. The number of rotatable bonds is 16. The van der Waals surface area contributed by atoms with Gasteiger partial charge in [0.1, 0.15) is 0 Å². The number of hydrogen-bond donors (Lipinski definition) is 0. The highest BCUT2D eigenvalue weighted by atomic mass is 16.2. The molecule has 1 unspecified atom stereocenters. The zero-order valence-corrected chi connectivity index (χ0v) is 20.8. The highest BCUT2D eigenvalue weighted by Crippen LogP contribution is 2.60. The van der Waals surface area contributed by atoms with Gasteiger partial charge in [0.15, 0.2) is 0 Å². The molecule has 180 valence electrons. The van der Waals surface area contributed by atoms with Crippen molar-refractivity contribution in [1.82, 2.24) is 4.90 Å². The molecule has 3 rings (SSSR count). The summed E-state index contributed by atoms with van der Waals surface area (Å²) in [5, 5.41) is 0. The maximum absolute atomic E-state index is 11.5. The van der Waals surface area contributed by atoms with Crippen molar-refractivity contribution in [2.24, 2.45) is 23.2 Å². The predicted octanol–water partition coefficient (Wildman–Crippen LogP) is 7.61. The number of carbonyl (C=O) groups excluding carboxylic acids is 2. The summed E-state index contributed by atoms with van der Waals surface area (Å²) in [5.74, 6) is 2.48. The molecule has 32 heavy (non-hydrogen) atoms. The van der Waals surface area contributed by atoms with E-state index in [9.17, 15) is 9.59 Å². The Bertz CT molecular complexity index is 636. The van der Waals surface area contributed by atoms with Gasteiger partial charge in [0.25, 0.3) is 11.8 Å². The zero-order valence-electron chi connectivity index (χ0n) is 20.8. The van der Waals surface area contributed by atoms with Crippen LogP contribution >= 0.6 is 0 Å². The van der Waals surface area contributed by atoms with E-state index in [4.69, 9.17) is 0 Å². The van der Waals surface area contributed by atoms with Crippen molar-refractivity contribution in [3.05, 3.63) is 24.3 Å². The van der Waals surface area contributed by atoms with Gasteiger partial charge in [0.05, 0.1) is 0 Å². The Morgan fingerprint density at radius 2 is 1.44 bits per heavy atom. The fourth-order valence-electron chi connectivity index (χ4n) is 6.77. The summed E-state index contributed by atoms with van der Waals surface area (Å²) in [7, 11) is 0.